The van der Waals surface area contributed by atoms with E-state index in [1.54, 1.807) is 0 Å². The molecule has 20 heavy (non-hydrogen) atoms. The number of thiazole rings is 1. The van der Waals surface area contributed by atoms with Gasteiger partial charge in [-0.05, 0) is 37.0 Å². The van der Waals surface area contributed by atoms with E-state index in [1.807, 2.05) is 20.8 Å². The fourth-order valence-electron chi connectivity index (χ4n) is 1.85. The lowest BCUT2D eigenvalue weighted by molar-refractivity contribution is -0.116. The quantitative estimate of drug-likeness (QED) is 0.708. The highest BCUT2D eigenvalue weighted by atomic mass is 79.9. The highest BCUT2D eigenvalue weighted by Gasteiger charge is 2.20. The number of amides is 1. The highest BCUT2D eigenvalue weighted by molar-refractivity contribution is 9.10. The number of rotatable bonds is 3. The van der Waals surface area contributed by atoms with E-state index in [0.29, 0.717) is 5.13 Å². The van der Waals surface area contributed by atoms with E-state index in [9.17, 15) is 4.79 Å². The molecule has 1 amide bonds. The number of hydrogen-bond acceptors (Lipinski definition) is 3. The maximum atomic E-state index is 12.1. The van der Waals surface area contributed by atoms with Gasteiger partial charge in [0.05, 0.1) is 15.0 Å². The number of aryl methyl sites for hydroxylation is 2. The van der Waals surface area contributed by atoms with Crippen LogP contribution in [0, 0.1) is 19.8 Å². The molecule has 1 aromatic carbocycles. The average Bonchev–Trinajstić information content (AvgIpc) is 2.79. The normalized spacial score (nSPS) is 12.9. The van der Waals surface area contributed by atoms with E-state index in [0.717, 1.165) is 25.8 Å². The van der Waals surface area contributed by atoms with Gasteiger partial charge in [0, 0.05) is 4.47 Å². The third kappa shape index (κ3) is 3.07. The SMILES string of the molecule is Cc1cc(Br)c(C)c2sc(NC(=O)[C@H](Br)C(C)C)nc12. The Bertz CT molecular complexity index is 667. The number of fused-ring (bicyclic) bond motifs is 1. The molecule has 0 fully saturated rings. The lowest BCUT2D eigenvalue weighted by atomic mass is 10.1. The summed E-state index contributed by atoms with van der Waals surface area (Å²) in [5.41, 5.74) is 3.22. The van der Waals surface area contributed by atoms with E-state index in [1.165, 1.54) is 11.3 Å². The van der Waals surface area contributed by atoms with Crippen LogP contribution in [0.2, 0.25) is 0 Å². The third-order valence-electron chi connectivity index (χ3n) is 3.11. The minimum atomic E-state index is -0.205. The van der Waals surface area contributed by atoms with Crippen LogP contribution in [0.3, 0.4) is 0 Å². The molecule has 0 aliphatic rings. The number of carbonyl (C=O) groups excluding carboxylic acids is 1. The van der Waals surface area contributed by atoms with Gasteiger partial charge >= 0.3 is 0 Å². The van der Waals surface area contributed by atoms with Crippen LogP contribution in [0.4, 0.5) is 5.13 Å². The Morgan fingerprint density at radius 1 is 1.40 bits per heavy atom. The van der Waals surface area contributed by atoms with Crippen molar-refractivity contribution in [2.45, 2.75) is 32.5 Å². The Kier molecular flexibility index (Phi) is 4.87. The summed E-state index contributed by atoms with van der Waals surface area (Å²) >= 11 is 8.48. The monoisotopic (exact) mass is 418 g/mol. The molecule has 0 saturated heterocycles. The van der Waals surface area contributed by atoms with E-state index in [2.05, 4.69) is 55.2 Å². The van der Waals surface area contributed by atoms with E-state index in [-0.39, 0.29) is 16.7 Å². The Hall–Kier alpha value is -0.460. The second-order valence-corrected chi connectivity index (χ2v) is 7.97. The maximum Gasteiger partial charge on any atom is 0.240 e. The van der Waals surface area contributed by atoms with Crippen LogP contribution < -0.4 is 5.32 Å². The summed E-state index contributed by atoms with van der Waals surface area (Å²) in [7, 11) is 0. The Labute approximate surface area is 139 Å². The van der Waals surface area contributed by atoms with Gasteiger partial charge in [-0.1, -0.05) is 57.0 Å². The van der Waals surface area contributed by atoms with Crippen molar-refractivity contribution in [1.29, 1.82) is 0 Å². The fraction of sp³-hybridized carbons (Fsp3) is 0.429. The molecule has 1 atom stereocenters. The second-order valence-electron chi connectivity index (χ2n) is 5.13. The van der Waals surface area contributed by atoms with Gasteiger partial charge in [-0.3, -0.25) is 4.79 Å². The van der Waals surface area contributed by atoms with Crippen LogP contribution >= 0.6 is 43.2 Å². The van der Waals surface area contributed by atoms with Crippen molar-refractivity contribution < 1.29 is 4.79 Å². The number of nitrogens with zero attached hydrogens (tertiary/aromatic N) is 1. The Morgan fingerprint density at radius 2 is 2.05 bits per heavy atom. The molecule has 0 aliphatic heterocycles. The molecule has 2 aromatic rings. The molecule has 2 rings (SSSR count). The molecule has 1 N–H and O–H groups in total. The van der Waals surface area contributed by atoms with Crippen molar-refractivity contribution in [3.63, 3.8) is 0 Å². The summed E-state index contributed by atoms with van der Waals surface area (Å²) in [6.45, 7) is 8.09. The Balaban J connectivity index is 2.36. The molecular formula is C14H16Br2N2OS. The summed E-state index contributed by atoms with van der Waals surface area (Å²) in [5.74, 6) is 0.190. The first-order valence-electron chi connectivity index (χ1n) is 6.32. The van der Waals surface area contributed by atoms with Gasteiger partial charge in [-0.25, -0.2) is 4.98 Å². The van der Waals surface area contributed by atoms with Crippen LogP contribution in [0.25, 0.3) is 10.2 Å². The van der Waals surface area contributed by atoms with Gasteiger partial charge in [0.25, 0.3) is 0 Å². The number of aromatic nitrogens is 1. The van der Waals surface area contributed by atoms with Crippen molar-refractivity contribution in [3.05, 3.63) is 21.7 Å². The standard InChI is InChI=1S/C14H16Br2N2OS/c1-6(2)10(16)13(19)18-14-17-11-7(3)5-9(15)8(4)12(11)20-14/h5-6,10H,1-4H3,(H,17,18,19)/t10-/m1/s1. The minimum absolute atomic E-state index is 0.0478. The number of nitrogens with one attached hydrogen (secondary N) is 1. The largest absolute Gasteiger partial charge is 0.301 e. The van der Waals surface area contributed by atoms with Crippen molar-refractivity contribution in [2.75, 3.05) is 5.32 Å². The van der Waals surface area contributed by atoms with Crippen molar-refractivity contribution in [1.82, 2.24) is 4.98 Å². The number of anilines is 1. The average molecular weight is 420 g/mol. The van der Waals surface area contributed by atoms with Crippen LogP contribution in [0.15, 0.2) is 10.5 Å². The molecule has 0 aliphatic carbocycles. The number of carbonyl (C=O) groups is 1. The van der Waals surface area contributed by atoms with Gasteiger partial charge in [-0.2, -0.15) is 0 Å². The number of halogens is 2. The number of alkyl halides is 1. The summed E-state index contributed by atoms with van der Waals surface area (Å²) < 4.78 is 2.19. The summed E-state index contributed by atoms with van der Waals surface area (Å²) in [5, 5.41) is 3.54. The molecular weight excluding hydrogens is 404 g/mol. The van der Waals surface area contributed by atoms with Crippen molar-refractivity contribution >= 4 is 64.5 Å². The van der Waals surface area contributed by atoms with Gasteiger partial charge < -0.3 is 5.32 Å². The number of benzene rings is 1. The lowest BCUT2D eigenvalue weighted by Crippen LogP contribution is -2.26. The molecule has 0 bridgehead atoms. The molecule has 108 valence electrons. The summed E-state index contributed by atoms with van der Waals surface area (Å²) in [4.78, 5) is 16.4. The molecule has 6 heteroatoms. The molecule has 1 aromatic heterocycles. The van der Waals surface area contributed by atoms with E-state index < -0.39 is 0 Å². The molecule has 0 radical (unpaired) electrons. The van der Waals surface area contributed by atoms with Gasteiger partial charge in [-0.15, -0.1) is 0 Å². The van der Waals surface area contributed by atoms with Crippen LogP contribution in [-0.2, 0) is 4.79 Å². The van der Waals surface area contributed by atoms with Gasteiger partial charge in [0.2, 0.25) is 5.91 Å². The molecule has 1 heterocycles. The van der Waals surface area contributed by atoms with Gasteiger partial charge in [0.1, 0.15) is 0 Å². The topological polar surface area (TPSA) is 42.0 Å². The zero-order valence-electron chi connectivity index (χ0n) is 11.8. The van der Waals surface area contributed by atoms with Crippen molar-refractivity contribution in [2.24, 2.45) is 5.92 Å². The Morgan fingerprint density at radius 3 is 2.65 bits per heavy atom. The lowest BCUT2D eigenvalue weighted by Gasteiger charge is -2.11. The third-order valence-corrected chi connectivity index (χ3v) is 6.50. The van der Waals surface area contributed by atoms with Crippen molar-refractivity contribution in [3.8, 4) is 0 Å². The predicted octanol–water partition coefficient (Wildman–Crippen LogP) is 5.03. The fourth-order valence-corrected chi connectivity index (χ4v) is 3.68. The van der Waals surface area contributed by atoms with Gasteiger partial charge in [0.15, 0.2) is 5.13 Å². The summed E-state index contributed by atoms with van der Waals surface area (Å²) in [6.07, 6.45) is 0. The van der Waals surface area contributed by atoms with Crippen LogP contribution in [0.5, 0.6) is 0 Å². The first-order valence-corrected chi connectivity index (χ1v) is 8.85. The smallest absolute Gasteiger partial charge is 0.240 e. The first kappa shape index (κ1) is 15.9. The van der Waals surface area contributed by atoms with E-state index >= 15 is 0 Å². The molecule has 0 saturated carbocycles. The first-order chi connectivity index (χ1) is 9.31. The predicted molar refractivity (Wildman–Crippen MR) is 93.0 cm³/mol. The summed E-state index contributed by atoms with van der Waals surface area (Å²) in [6, 6.07) is 2.06. The maximum absolute atomic E-state index is 12.1. The second kappa shape index (κ2) is 6.12. The number of hydrogen-bond donors (Lipinski definition) is 1. The van der Waals surface area contributed by atoms with E-state index in [4.69, 9.17) is 0 Å². The molecule has 3 nitrogen and oxygen atoms in total. The highest BCUT2D eigenvalue weighted by Crippen LogP contribution is 2.35. The zero-order valence-corrected chi connectivity index (χ0v) is 15.7. The molecule has 0 spiro atoms. The minimum Gasteiger partial charge on any atom is -0.301 e. The molecule has 0 unspecified atom stereocenters. The zero-order chi connectivity index (χ0) is 15.0. The van der Waals surface area contributed by atoms with Crippen LogP contribution in [-0.4, -0.2) is 15.7 Å². The van der Waals surface area contributed by atoms with Crippen LogP contribution in [0.1, 0.15) is 25.0 Å².